The molecule has 0 saturated heterocycles. The number of nitrogens with zero attached hydrogens (tertiary/aromatic N) is 4. The summed E-state index contributed by atoms with van der Waals surface area (Å²) in [6, 6.07) is 8.63. The molecule has 3 aromatic rings. The van der Waals surface area contributed by atoms with E-state index in [0.29, 0.717) is 28.6 Å². The molecule has 3 rings (SSSR count). The Hall–Kier alpha value is -2.52. The smallest absolute Gasteiger partial charge is 0.308 e. The molecule has 0 atom stereocenters. The van der Waals surface area contributed by atoms with Crippen LogP contribution in [0, 0.1) is 0 Å². The lowest BCUT2D eigenvalue weighted by molar-refractivity contribution is -0.137. The van der Waals surface area contributed by atoms with Crippen molar-refractivity contribution in [3.8, 4) is 5.69 Å². The number of halogens is 4. The molecule has 0 spiro atoms. The Bertz CT molecular complexity index is 1010. The standard InChI is InChI=1S/C20H18ClF3N4OS/c1-2-27(17-13-28(26-19(17)21)15-6-4-9-25-12-15)18(29)8-10-30-16-7-3-5-14(11-16)20(22,23)24/h3-7,9,11-13H,2,8,10H2,1H3. The molecule has 0 aliphatic carbocycles. The Kier molecular flexibility index (Phi) is 7.04. The van der Waals surface area contributed by atoms with E-state index in [9.17, 15) is 18.0 Å². The van der Waals surface area contributed by atoms with Crippen LogP contribution in [0.2, 0.25) is 5.15 Å². The second kappa shape index (κ2) is 9.53. The summed E-state index contributed by atoms with van der Waals surface area (Å²) in [7, 11) is 0. The normalized spacial score (nSPS) is 11.5. The van der Waals surface area contributed by atoms with Gasteiger partial charge in [-0.05, 0) is 37.3 Å². The first-order chi connectivity index (χ1) is 14.3. The van der Waals surface area contributed by atoms with Gasteiger partial charge in [0.2, 0.25) is 5.91 Å². The van der Waals surface area contributed by atoms with E-state index < -0.39 is 11.7 Å². The first kappa shape index (κ1) is 22.2. The van der Waals surface area contributed by atoms with E-state index in [1.807, 2.05) is 13.0 Å². The highest BCUT2D eigenvalue weighted by Gasteiger charge is 2.30. The maximum Gasteiger partial charge on any atom is 0.416 e. The second-order valence-electron chi connectivity index (χ2n) is 6.22. The Balaban J connectivity index is 1.65. The third-order valence-electron chi connectivity index (χ3n) is 4.22. The molecule has 10 heteroatoms. The van der Waals surface area contributed by atoms with Gasteiger partial charge in [-0.3, -0.25) is 9.78 Å². The number of thioether (sulfide) groups is 1. The number of anilines is 1. The van der Waals surface area contributed by atoms with Crippen molar-refractivity contribution >= 4 is 35.0 Å². The minimum absolute atomic E-state index is 0.142. The molecule has 2 heterocycles. The maximum atomic E-state index is 12.8. The average Bonchev–Trinajstić information content (AvgIpc) is 3.10. The number of pyridine rings is 1. The van der Waals surface area contributed by atoms with Crippen LogP contribution < -0.4 is 4.90 Å². The molecule has 2 aromatic heterocycles. The van der Waals surface area contributed by atoms with Gasteiger partial charge in [0.1, 0.15) is 5.69 Å². The van der Waals surface area contributed by atoms with E-state index in [1.165, 1.54) is 27.4 Å². The number of rotatable bonds is 7. The number of carbonyl (C=O) groups excluding carboxylic acids is 1. The highest BCUT2D eigenvalue weighted by atomic mass is 35.5. The van der Waals surface area contributed by atoms with E-state index in [0.717, 1.165) is 12.1 Å². The average molecular weight is 455 g/mol. The fourth-order valence-electron chi connectivity index (χ4n) is 2.78. The van der Waals surface area contributed by atoms with Crippen molar-refractivity contribution in [2.45, 2.75) is 24.4 Å². The number of alkyl halides is 3. The molecule has 0 unspecified atom stereocenters. The summed E-state index contributed by atoms with van der Waals surface area (Å²) in [5.41, 5.74) is 0.468. The summed E-state index contributed by atoms with van der Waals surface area (Å²) in [5, 5.41) is 4.41. The minimum atomic E-state index is -4.39. The van der Waals surface area contributed by atoms with Gasteiger partial charge < -0.3 is 4.90 Å². The third-order valence-corrected chi connectivity index (χ3v) is 5.48. The molecule has 0 aliphatic heterocycles. The first-order valence-corrected chi connectivity index (χ1v) is 10.4. The molecule has 0 radical (unpaired) electrons. The van der Waals surface area contributed by atoms with Crippen LogP contribution in [0.4, 0.5) is 18.9 Å². The fourth-order valence-corrected chi connectivity index (χ4v) is 3.91. The van der Waals surface area contributed by atoms with E-state index >= 15 is 0 Å². The number of amides is 1. The van der Waals surface area contributed by atoms with E-state index in [2.05, 4.69) is 10.1 Å². The summed E-state index contributed by atoms with van der Waals surface area (Å²) in [4.78, 5) is 18.7. The monoisotopic (exact) mass is 454 g/mol. The van der Waals surface area contributed by atoms with Crippen LogP contribution in [0.1, 0.15) is 18.9 Å². The number of benzene rings is 1. The van der Waals surface area contributed by atoms with E-state index in [1.54, 1.807) is 30.7 Å². The highest BCUT2D eigenvalue weighted by Crippen LogP contribution is 2.32. The van der Waals surface area contributed by atoms with Gasteiger partial charge >= 0.3 is 6.18 Å². The molecule has 0 saturated carbocycles. The highest BCUT2D eigenvalue weighted by molar-refractivity contribution is 7.99. The van der Waals surface area contributed by atoms with Crippen LogP contribution in [-0.2, 0) is 11.0 Å². The van der Waals surface area contributed by atoms with Crippen LogP contribution in [-0.4, -0.2) is 33.0 Å². The number of hydrogen-bond donors (Lipinski definition) is 0. The lowest BCUT2D eigenvalue weighted by atomic mass is 10.2. The van der Waals surface area contributed by atoms with Gasteiger partial charge in [0.25, 0.3) is 0 Å². The van der Waals surface area contributed by atoms with Crippen molar-refractivity contribution < 1.29 is 18.0 Å². The molecule has 0 aliphatic rings. The number of carbonyl (C=O) groups is 1. The van der Waals surface area contributed by atoms with Crippen molar-refractivity contribution in [3.63, 3.8) is 0 Å². The largest absolute Gasteiger partial charge is 0.416 e. The quantitative estimate of drug-likeness (QED) is 0.444. The molecule has 1 aromatic carbocycles. The van der Waals surface area contributed by atoms with Crippen LogP contribution in [0.15, 0.2) is 59.9 Å². The van der Waals surface area contributed by atoms with Crippen LogP contribution in [0.5, 0.6) is 0 Å². The Morgan fingerprint density at radius 3 is 2.73 bits per heavy atom. The third kappa shape index (κ3) is 5.34. The minimum Gasteiger partial charge on any atom is -0.308 e. The number of aromatic nitrogens is 3. The SMILES string of the molecule is CCN(C(=O)CCSc1cccc(C(F)(F)F)c1)c1cn(-c2cccnc2)nc1Cl. The zero-order chi connectivity index (χ0) is 21.7. The van der Waals surface area contributed by atoms with Gasteiger partial charge in [-0.15, -0.1) is 11.8 Å². The predicted molar refractivity (Wildman–Crippen MR) is 111 cm³/mol. The van der Waals surface area contributed by atoms with E-state index in [4.69, 9.17) is 11.6 Å². The second-order valence-corrected chi connectivity index (χ2v) is 7.75. The summed E-state index contributed by atoms with van der Waals surface area (Å²) in [6.07, 6.45) is 0.663. The summed E-state index contributed by atoms with van der Waals surface area (Å²) < 4.78 is 40.0. The zero-order valence-corrected chi connectivity index (χ0v) is 17.5. The Morgan fingerprint density at radius 2 is 2.07 bits per heavy atom. The van der Waals surface area contributed by atoms with Gasteiger partial charge in [0.05, 0.1) is 23.6 Å². The van der Waals surface area contributed by atoms with Gasteiger partial charge in [0, 0.05) is 29.8 Å². The van der Waals surface area contributed by atoms with Crippen molar-refractivity contribution in [2.75, 3.05) is 17.2 Å². The molecule has 0 N–H and O–H groups in total. The lowest BCUT2D eigenvalue weighted by Gasteiger charge is -2.19. The van der Waals surface area contributed by atoms with Gasteiger partial charge in [-0.2, -0.15) is 18.3 Å². The van der Waals surface area contributed by atoms with Crippen LogP contribution in [0.3, 0.4) is 0 Å². The van der Waals surface area contributed by atoms with E-state index in [-0.39, 0.29) is 17.5 Å². The first-order valence-electron chi connectivity index (χ1n) is 9.05. The summed E-state index contributed by atoms with van der Waals surface area (Å²) >= 11 is 7.44. The van der Waals surface area contributed by atoms with Crippen LogP contribution in [0.25, 0.3) is 5.69 Å². The molecule has 158 valence electrons. The van der Waals surface area contributed by atoms with Crippen molar-refractivity contribution in [3.05, 3.63) is 65.7 Å². The van der Waals surface area contributed by atoms with Gasteiger partial charge in [-0.25, -0.2) is 4.68 Å². The molecule has 1 amide bonds. The molecular weight excluding hydrogens is 437 g/mol. The zero-order valence-electron chi connectivity index (χ0n) is 15.9. The lowest BCUT2D eigenvalue weighted by Crippen LogP contribution is -2.30. The predicted octanol–water partition coefficient (Wildman–Crippen LogP) is 5.47. The topological polar surface area (TPSA) is 51.0 Å². The molecule has 0 fully saturated rings. The van der Waals surface area contributed by atoms with Crippen molar-refractivity contribution in [1.82, 2.24) is 14.8 Å². The molecule has 30 heavy (non-hydrogen) atoms. The van der Waals surface area contributed by atoms with Crippen molar-refractivity contribution in [1.29, 1.82) is 0 Å². The fraction of sp³-hybridized carbons (Fsp3) is 0.250. The maximum absolute atomic E-state index is 12.8. The van der Waals surface area contributed by atoms with Gasteiger partial charge in [0.15, 0.2) is 5.15 Å². The molecular formula is C20H18ClF3N4OS. The van der Waals surface area contributed by atoms with Crippen LogP contribution >= 0.6 is 23.4 Å². The molecule has 0 bridgehead atoms. The summed E-state index contributed by atoms with van der Waals surface area (Å²) in [5.74, 6) is 0.148. The molecule has 5 nitrogen and oxygen atoms in total. The Labute approximate surface area is 180 Å². The van der Waals surface area contributed by atoms with Gasteiger partial charge in [-0.1, -0.05) is 17.7 Å². The summed E-state index contributed by atoms with van der Waals surface area (Å²) in [6.45, 7) is 2.20. The number of hydrogen-bond acceptors (Lipinski definition) is 4. The van der Waals surface area contributed by atoms with Crippen molar-refractivity contribution in [2.24, 2.45) is 0 Å². The Morgan fingerprint density at radius 1 is 1.27 bits per heavy atom.